The van der Waals surface area contributed by atoms with Gasteiger partial charge in [-0.25, -0.2) is 4.79 Å². The lowest BCUT2D eigenvalue weighted by molar-refractivity contribution is -0.255. The third kappa shape index (κ3) is 4.15. The molecule has 9 heteroatoms. The third-order valence-corrected chi connectivity index (χ3v) is 5.01. The van der Waals surface area contributed by atoms with E-state index in [1.54, 1.807) is 24.3 Å². The van der Waals surface area contributed by atoms with E-state index in [-0.39, 0.29) is 12.1 Å². The van der Waals surface area contributed by atoms with Crippen LogP contribution in [0.4, 0.5) is 10.5 Å². The fraction of sp³-hybridized carbons (Fsp3) is 0.158. The molecule has 8 nitrogen and oxygen atoms in total. The van der Waals surface area contributed by atoms with Crippen molar-refractivity contribution in [2.45, 2.75) is 11.9 Å². The van der Waals surface area contributed by atoms with E-state index in [0.29, 0.717) is 16.8 Å². The predicted octanol–water partition coefficient (Wildman–Crippen LogP) is 1.47. The van der Waals surface area contributed by atoms with Gasteiger partial charge in [0.25, 0.3) is 11.1 Å². The summed E-state index contributed by atoms with van der Waals surface area (Å²) in [7, 11) is 1.27. The SMILES string of the molecule is COC(=O)c1cccc(CN2C(=O)S[C@H](Nc3ccc(C(=O)[O-])cc3)C2=O)c1. The molecule has 1 atom stereocenters. The Morgan fingerprint density at radius 2 is 1.86 bits per heavy atom. The number of carboxylic acids is 1. The number of carboxylic acid groups (broad SMARTS) is 1. The van der Waals surface area contributed by atoms with E-state index in [1.165, 1.54) is 31.4 Å². The van der Waals surface area contributed by atoms with Gasteiger partial charge < -0.3 is 20.0 Å². The molecule has 1 aliphatic heterocycles. The first kappa shape index (κ1) is 19.4. The van der Waals surface area contributed by atoms with Gasteiger partial charge in [-0.3, -0.25) is 14.5 Å². The van der Waals surface area contributed by atoms with Gasteiger partial charge in [0.15, 0.2) is 5.37 Å². The van der Waals surface area contributed by atoms with Crippen LogP contribution in [0.5, 0.6) is 0 Å². The summed E-state index contributed by atoms with van der Waals surface area (Å²) in [5, 5.41) is 12.4. The molecule has 28 heavy (non-hydrogen) atoms. The Labute approximate surface area is 164 Å². The first-order valence-corrected chi connectivity index (χ1v) is 9.04. The lowest BCUT2D eigenvalue weighted by atomic mass is 10.1. The van der Waals surface area contributed by atoms with Gasteiger partial charge in [0.2, 0.25) is 0 Å². The van der Waals surface area contributed by atoms with Gasteiger partial charge in [-0.05, 0) is 47.2 Å². The van der Waals surface area contributed by atoms with Gasteiger partial charge in [-0.15, -0.1) is 0 Å². The molecule has 1 saturated heterocycles. The van der Waals surface area contributed by atoms with Crippen molar-refractivity contribution >= 4 is 40.5 Å². The quantitative estimate of drug-likeness (QED) is 0.726. The topological polar surface area (TPSA) is 116 Å². The van der Waals surface area contributed by atoms with Gasteiger partial charge in [0.1, 0.15) is 0 Å². The zero-order valence-electron chi connectivity index (χ0n) is 14.7. The second-order valence-electron chi connectivity index (χ2n) is 5.89. The molecule has 0 radical (unpaired) electrons. The normalized spacial score (nSPS) is 16.2. The molecule has 3 rings (SSSR count). The van der Waals surface area contributed by atoms with Crippen LogP contribution in [0.3, 0.4) is 0 Å². The van der Waals surface area contributed by atoms with E-state index in [4.69, 9.17) is 0 Å². The highest BCUT2D eigenvalue weighted by Gasteiger charge is 2.39. The van der Waals surface area contributed by atoms with Crippen molar-refractivity contribution in [2.75, 3.05) is 12.4 Å². The minimum absolute atomic E-state index is 0.0131. The second kappa shape index (κ2) is 8.13. The van der Waals surface area contributed by atoms with Crippen molar-refractivity contribution in [1.29, 1.82) is 0 Å². The minimum atomic E-state index is -1.30. The molecule has 0 spiro atoms. The smallest absolute Gasteiger partial charge is 0.337 e. The number of carbonyl (C=O) groups excluding carboxylic acids is 4. The summed E-state index contributed by atoms with van der Waals surface area (Å²) < 4.78 is 4.67. The van der Waals surface area contributed by atoms with Crippen LogP contribution in [0.1, 0.15) is 26.3 Å². The summed E-state index contributed by atoms with van der Waals surface area (Å²) in [5.41, 5.74) is 1.45. The van der Waals surface area contributed by atoms with Gasteiger partial charge in [-0.1, -0.05) is 24.3 Å². The molecule has 1 fully saturated rings. The number of esters is 1. The summed E-state index contributed by atoms with van der Waals surface area (Å²) in [6, 6.07) is 12.2. The molecule has 0 aliphatic carbocycles. The Morgan fingerprint density at radius 1 is 1.14 bits per heavy atom. The maximum absolute atomic E-state index is 12.6. The van der Waals surface area contributed by atoms with Crippen molar-refractivity contribution < 1.29 is 29.0 Å². The van der Waals surface area contributed by atoms with Gasteiger partial charge in [-0.2, -0.15) is 0 Å². The van der Waals surface area contributed by atoms with Crippen LogP contribution in [0.15, 0.2) is 48.5 Å². The molecule has 1 aliphatic rings. The van der Waals surface area contributed by atoms with Crippen LogP contribution in [0.25, 0.3) is 0 Å². The Hall–Kier alpha value is -3.33. The lowest BCUT2D eigenvalue weighted by Crippen LogP contribution is -2.34. The molecule has 144 valence electrons. The van der Waals surface area contributed by atoms with Gasteiger partial charge in [0, 0.05) is 5.69 Å². The van der Waals surface area contributed by atoms with E-state index in [2.05, 4.69) is 10.1 Å². The number of ether oxygens (including phenoxy) is 1. The van der Waals surface area contributed by atoms with Crippen molar-refractivity contribution in [2.24, 2.45) is 0 Å². The summed E-state index contributed by atoms with van der Waals surface area (Å²) in [6.45, 7) is 0.0251. The number of amides is 2. The highest BCUT2D eigenvalue weighted by molar-refractivity contribution is 8.15. The fourth-order valence-corrected chi connectivity index (χ4v) is 3.54. The van der Waals surface area contributed by atoms with Crippen LogP contribution < -0.4 is 10.4 Å². The van der Waals surface area contributed by atoms with E-state index >= 15 is 0 Å². The summed E-state index contributed by atoms with van der Waals surface area (Å²) in [5.74, 6) is -2.23. The number of thioether (sulfide) groups is 1. The van der Waals surface area contributed by atoms with Crippen molar-refractivity contribution in [3.63, 3.8) is 0 Å². The molecule has 0 unspecified atom stereocenters. The second-order valence-corrected chi connectivity index (χ2v) is 6.95. The standard InChI is InChI=1S/C19H16N2O6S/c1-27-18(25)13-4-2-3-11(9-13)10-21-16(22)15(28-19(21)26)20-14-7-5-12(6-8-14)17(23)24/h2-9,15,20H,10H2,1H3,(H,23,24)/p-1/t15-/m0/s1. The number of anilines is 1. The zero-order valence-corrected chi connectivity index (χ0v) is 15.5. The third-order valence-electron chi connectivity index (χ3n) is 4.04. The summed E-state index contributed by atoms with van der Waals surface area (Å²) >= 11 is 0.827. The highest BCUT2D eigenvalue weighted by atomic mass is 32.2. The maximum atomic E-state index is 12.6. The minimum Gasteiger partial charge on any atom is -0.545 e. The largest absolute Gasteiger partial charge is 0.545 e. The number of nitrogens with zero attached hydrogens (tertiary/aromatic N) is 1. The molecule has 2 aromatic rings. The Kier molecular flexibility index (Phi) is 5.65. The maximum Gasteiger partial charge on any atom is 0.337 e. The molecule has 0 aromatic heterocycles. The number of imide groups is 1. The highest BCUT2D eigenvalue weighted by Crippen LogP contribution is 2.29. The molecule has 2 amide bonds. The molecule has 1 N–H and O–H groups in total. The molecule has 0 saturated carbocycles. The predicted molar refractivity (Wildman–Crippen MR) is 99.5 cm³/mol. The number of nitrogens with one attached hydrogen (secondary N) is 1. The molecule has 2 aromatic carbocycles. The zero-order chi connectivity index (χ0) is 20.3. The first-order valence-electron chi connectivity index (χ1n) is 8.16. The van der Waals surface area contributed by atoms with Crippen LogP contribution >= 0.6 is 11.8 Å². The molecule has 1 heterocycles. The Morgan fingerprint density at radius 3 is 2.50 bits per heavy atom. The number of methoxy groups -OCH3 is 1. The number of aromatic carboxylic acids is 1. The van der Waals surface area contributed by atoms with E-state index in [1.807, 2.05) is 0 Å². The lowest BCUT2D eigenvalue weighted by Gasteiger charge is -2.15. The summed E-state index contributed by atoms with van der Waals surface area (Å²) in [6.07, 6.45) is 0. The van der Waals surface area contributed by atoms with Crippen LogP contribution in [0.2, 0.25) is 0 Å². The number of carbonyl (C=O) groups is 4. The number of rotatable bonds is 6. The Bertz CT molecular complexity index is 944. The molecular formula is C19H15N2O6S-. The fourth-order valence-electron chi connectivity index (χ4n) is 2.63. The van der Waals surface area contributed by atoms with Gasteiger partial charge in [0.05, 0.1) is 25.2 Å². The molecule has 0 bridgehead atoms. The van der Waals surface area contributed by atoms with Crippen LogP contribution in [-0.2, 0) is 16.1 Å². The number of hydrogen-bond acceptors (Lipinski definition) is 8. The van der Waals surface area contributed by atoms with Gasteiger partial charge >= 0.3 is 5.97 Å². The van der Waals surface area contributed by atoms with Crippen LogP contribution in [-0.4, -0.2) is 40.5 Å². The van der Waals surface area contributed by atoms with E-state index < -0.39 is 28.5 Å². The van der Waals surface area contributed by atoms with E-state index in [0.717, 1.165) is 16.7 Å². The van der Waals surface area contributed by atoms with Crippen molar-refractivity contribution in [1.82, 2.24) is 4.90 Å². The average Bonchev–Trinajstić information content (AvgIpc) is 2.95. The van der Waals surface area contributed by atoms with Crippen molar-refractivity contribution in [3.8, 4) is 0 Å². The summed E-state index contributed by atoms with van der Waals surface area (Å²) in [4.78, 5) is 48.4. The average molecular weight is 399 g/mol. The van der Waals surface area contributed by atoms with Crippen molar-refractivity contribution in [3.05, 3.63) is 65.2 Å². The number of hydrogen-bond donors (Lipinski definition) is 1. The first-order chi connectivity index (χ1) is 13.4. The molecular weight excluding hydrogens is 384 g/mol. The Balaban J connectivity index is 1.70. The van der Waals surface area contributed by atoms with Crippen LogP contribution in [0, 0.1) is 0 Å². The van der Waals surface area contributed by atoms with E-state index in [9.17, 15) is 24.3 Å². The number of benzene rings is 2. The monoisotopic (exact) mass is 399 g/mol.